The maximum absolute atomic E-state index is 13.1. The van der Waals surface area contributed by atoms with E-state index in [0.717, 1.165) is 6.07 Å². The second-order valence-corrected chi connectivity index (χ2v) is 6.43. The van der Waals surface area contributed by atoms with Crippen LogP contribution in [0.3, 0.4) is 0 Å². The van der Waals surface area contributed by atoms with Crippen LogP contribution in [-0.4, -0.2) is 36.2 Å². The third-order valence-electron chi connectivity index (χ3n) is 4.47. The standard InChI is InChI=1S/C20H20F3NO4/c21-20(22,23)15-3-1-2-4-17(15)28-18-9-10-24-19(18)16(26)12-27-14-7-5-13(11-25)6-8-14/h1-8,18-19,24-25H,9-12H2/t18-,19?/m0/s1. The van der Waals surface area contributed by atoms with Crippen molar-refractivity contribution in [3.63, 3.8) is 0 Å². The number of rotatable bonds is 7. The Labute approximate surface area is 160 Å². The molecule has 1 aliphatic heterocycles. The minimum atomic E-state index is -4.54. The number of aliphatic hydroxyl groups excluding tert-OH is 1. The lowest BCUT2D eigenvalue weighted by atomic mass is 10.1. The normalized spacial score (nSPS) is 19.4. The monoisotopic (exact) mass is 395 g/mol. The van der Waals surface area contributed by atoms with E-state index in [1.165, 1.54) is 18.2 Å². The zero-order chi connectivity index (χ0) is 20.1. The molecule has 3 rings (SSSR count). The first-order valence-electron chi connectivity index (χ1n) is 8.80. The number of aliphatic hydroxyl groups is 1. The summed E-state index contributed by atoms with van der Waals surface area (Å²) in [6, 6.07) is 10.8. The van der Waals surface area contributed by atoms with E-state index in [0.29, 0.717) is 24.3 Å². The van der Waals surface area contributed by atoms with Gasteiger partial charge in [0.15, 0.2) is 5.78 Å². The quantitative estimate of drug-likeness (QED) is 0.755. The van der Waals surface area contributed by atoms with Gasteiger partial charge in [-0.25, -0.2) is 0 Å². The van der Waals surface area contributed by atoms with E-state index in [4.69, 9.17) is 14.6 Å². The van der Waals surface area contributed by atoms with Gasteiger partial charge in [-0.1, -0.05) is 24.3 Å². The minimum Gasteiger partial charge on any atom is -0.488 e. The summed E-state index contributed by atoms with van der Waals surface area (Å²) in [5.74, 6) is -0.135. The van der Waals surface area contributed by atoms with Crippen LogP contribution in [0.15, 0.2) is 48.5 Å². The molecule has 0 bridgehead atoms. The van der Waals surface area contributed by atoms with E-state index in [-0.39, 0.29) is 24.7 Å². The summed E-state index contributed by atoms with van der Waals surface area (Å²) in [7, 11) is 0. The summed E-state index contributed by atoms with van der Waals surface area (Å²) in [5.41, 5.74) is -0.152. The number of Topliss-reactive ketones (excluding diaryl/α,β-unsaturated/α-hetero) is 1. The van der Waals surface area contributed by atoms with Crippen molar-refractivity contribution in [2.75, 3.05) is 13.2 Å². The first-order chi connectivity index (χ1) is 13.4. The second kappa shape index (κ2) is 8.62. The molecule has 150 valence electrons. The molecule has 1 aliphatic rings. The van der Waals surface area contributed by atoms with Crippen molar-refractivity contribution in [1.82, 2.24) is 5.32 Å². The van der Waals surface area contributed by atoms with Crippen LogP contribution in [0.25, 0.3) is 0 Å². The van der Waals surface area contributed by atoms with Gasteiger partial charge in [-0.3, -0.25) is 4.79 Å². The third-order valence-corrected chi connectivity index (χ3v) is 4.47. The SMILES string of the molecule is O=C(COc1ccc(CO)cc1)C1NCC[C@@H]1Oc1ccccc1C(F)(F)F. The smallest absolute Gasteiger partial charge is 0.419 e. The van der Waals surface area contributed by atoms with Gasteiger partial charge in [-0.05, 0) is 42.8 Å². The number of para-hydroxylation sites is 1. The van der Waals surface area contributed by atoms with Crippen LogP contribution < -0.4 is 14.8 Å². The van der Waals surface area contributed by atoms with Gasteiger partial charge in [0.1, 0.15) is 30.3 Å². The molecule has 0 aromatic heterocycles. The Morgan fingerprint density at radius 3 is 2.54 bits per heavy atom. The van der Waals surface area contributed by atoms with Crippen LogP contribution in [0.2, 0.25) is 0 Å². The Kier molecular flexibility index (Phi) is 6.21. The van der Waals surface area contributed by atoms with Gasteiger partial charge < -0.3 is 19.9 Å². The zero-order valence-corrected chi connectivity index (χ0v) is 14.9. The molecule has 1 heterocycles. The number of ether oxygens (including phenoxy) is 2. The molecule has 1 fully saturated rings. The maximum Gasteiger partial charge on any atom is 0.419 e. The third kappa shape index (κ3) is 4.82. The molecule has 0 radical (unpaired) electrons. The van der Waals surface area contributed by atoms with Gasteiger partial charge in [0.05, 0.1) is 12.2 Å². The predicted molar refractivity (Wildman–Crippen MR) is 95.1 cm³/mol. The van der Waals surface area contributed by atoms with Crippen molar-refractivity contribution in [3.8, 4) is 11.5 Å². The minimum absolute atomic E-state index is 0.0936. The summed E-state index contributed by atoms with van der Waals surface area (Å²) < 4.78 is 50.4. The molecular formula is C20H20F3NO4. The fraction of sp³-hybridized carbons (Fsp3) is 0.350. The van der Waals surface area contributed by atoms with Crippen molar-refractivity contribution in [2.45, 2.75) is 31.3 Å². The lowest BCUT2D eigenvalue weighted by molar-refractivity contribution is -0.139. The highest BCUT2D eigenvalue weighted by Gasteiger charge is 2.38. The number of nitrogens with one attached hydrogen (secondary N) is 1. The van der Waals surface area contributed by atoms with Gasteiger partial charge in [-0.15, -0.1) is 0 Å². The number of carbonyl (C=O) groups excluding carboxylic acids is 1. The summed E-state index contributed by atoms with van der Waals surface area (Å²) in [6.45, 7) is 0.126. The number of benzene rings is 2. The van der Waals surface area contributed by atoms with E-state index in [1.54, 1.807) is 24.3 Å². The number of halogens is 3. The number of hydrogen-bond acceptors (Lipinski definition) is 5. The average Bonchev–Trinajstić information content (AvgIpc) is 3.14. The molecule has 8 heteroatoms. The van der Waals surface area contributed by atoms with Crippen LogP contribution in [-0.2, 0) is 17.6 Å². The molecule has 2 aromatic rings. The highest BCUT2D eigenvalue weighted by atomic mass is 19.4. The topological polar surface area (TPSA) is 67.8 Å². The summed E-state index contributed by atoms with van der Waals surface area (Å²) in [5, 5.41) is 12.0. The lowest BCUT2D eigenvalue weighted by Gasteiger charge is -2.22. The van der Waals surface area contributed by atoms with Crippen LogP contribution >= 0.6 is 0 Å². The van der Waals surface area contributed by atoms with Crippen LogP contribution in [0.5, 0.6) is 11.5 Å². The predicted octanol–water partition coefficient (Wildman–Crippen LogP) is 2.96. The summed E-state index contributed by atoms with van der Waals surface area (Å²) >= 11 is 0. The summed E-state index contributed by atoms with van der Waals surface area (Å²) in [4.78, 5) is 12.5. The Balaban J connectivity index is 1.63. The Bertz CT molecular complexity index is 808. The molecule has 1 unspecified atom stereocenters. The fourth-order valence-electron chi connectivity index (χ4n) is 3.03. The molecule has 2 N–H and O–H groups in total. The van der Waals surface area contributed by atoms with Crippen molar-refractivity contribution in [2.24, 2.45) is 0 Å². The van der Waals surface area contributed by atoms with Gasteiger partial charge >= 0.3 is 6.18 Å². The Morgan fingerprint density at radius 2 is 1.86 bits per heavy atom. The first-order valence-corrected chi connectivity index (χ1v) is 8.80. The van der Waals surface area contributed by atoms with Crippen LogP contribution in [0.1, 0.15) is 17.5 Å². The van der Waals surface area contributed by atoms with Crippen molar-refractivity contribution >= 4 is 5.78 Å². The first kappa shape index (κ1) is 20.2. The highest BCUT2D eigenvalue weighted by Crippen LogP contribution is 2.37. The summed E-state index contributed by atoms with van der Waals surface area (Å²) in [6.07, 6.45) is -4.84. The van der Waals surface area contributed by atoms with E-state index >= 15 is 0 Å². The van der Waals surface area contributed by atoms with E-state index in [1.807, 2.05) is 0 Å². The lowest BCUT2D eigenvalue weighted by Crippen LogP contribution is -2.43. The van der Waals surface area contributed by atoms with E-state index < -0.39 is 23.9 Å². The molecule has 2 atom stereocenters. The van der Waals surface area contributed by atoms with Crippen molar-refractivity contribution in [3.05, 3.63) is 59.7 Å². The number of carbonyl (C=O) groups is 1. The average molecular weight is 395 g/mol. The van der Waals surface area contributed by atoms with Gasteiger partial charge in [0.25, 0.3) is 0 Å². The fourth-order valence-corrected chi connectivity index (χ4v) is 3.03. The van der Waals surface area contributed by atoms with E-state index in [2.05, 4.69) is 5.32 Å². The molecule has 0 amide bonds. The Hall–Kier alpha value is -2.58. The van der Waals surface area contributed by atoms with Crippen molar-refractivity contribution in [1.29, 1.82) is 0 Å². The number of alkyl halides is 3. The molecule has 0 spiro atoms. The molecule has 1 saturated heterocycles. The largest absolute Gasteiger partial charge is 0.488 e. The molecule has 5 nitrogen and oxygen atoms in total. The maximum atomic E-state index is 13.1. The molecular weight excluding hydrogens is 375 g/mol. The van der Waals surface area contributed by atoms with Gasteiger partial charge in [0.2, 0.25) is 0 Å². The van der Waals surface area contributed by atoms with E-state index in [9.17, 15) is 18.0 Å². The van der Waals surface area contributed by atoms with Crippen LogP contribution in [0, 0.1) is 0 Å². The molecule has 2 aromatic carbocycles. The molecule has 28 heavy (non-hydrogen) atoms. The molecule has 0 aliphatic carbocycles. The zero-order valence-electron chi connectivity index (χ0n) is 14.9. The Morgan fingerprint density at radius 1 is 1.14 bits per heavy atom. The van der Waals surface area contributed by atoms with Gasteiger partial charge in [0, 0.05) is 0 Å². The van der Waals surface area contributed by atoms with Crippen molar-refractivity contribution < 1.29 is 32.5 Å². The van der Waals surface area contributed by atoms with Crippen LogP contribution in [0.4, 0.5) is 13.2 Å². The molecule has 0 saturated carbocycles. The number of hydrogen-bond donors (Lipinski definition) is 2. The second-order valence-electron chi connectivity index (χ2n) is 6.43. The highest BCUT2D eigenvalue weighted by molar-refractivity contribution is 5.86. The number of ketones is 1. The van der Waals surface area contributed by atoms with Gasteiger partial charge in [-0.2, -0.15) is 13.2 Å².